The smallest absolute Gasteiger partial charge is 0.307 e. The summed E-state index contributed by atoms with van der Waals surface area (Å²) in [6.45, 7) is 7.02. The number of carboxylic acid groups (broad SMARTS) is 1. The summed E-state index contributed by atoms with van der Waals surface area (Å²) in [6.07, 6.45) is 1.88. The maximum Gasteiger partial charge on any atom is 0.307 e. The van der Waals surface area contributed by atoms with E-state index >= 15 is 0 Å². The van der Waals surface area contributed by atoms with Crippen molar-refractivity contribution in [3.05, 3.63) is 88.4 Å². The first-order chi connectivity index (χ1) is 15.8. The summed E-state index contributed by atoms with van der Waals surface area (Å²) in [6, 6.07) is 16.8. The Kier molecular flexibility index (Phi) is 5.12. The van der Waals surface area contributed by atoms with Crippen LogP contribution in [0.4, 0.5) is 4.39 Å². The Morgan fingerprint density at radius 2 is 1.88 bits per heavy atom. The first kappa shape index (κ1) is 21.1. The quantitative estimate of drug-likeness (QED) is 0.389. The van der Waals surface area contributed by atoms with Crippen LogP contribution in [0.5, 0.6) is 0 Å². The van der Waals surface area contributed by atoms with Crippen LogP contribution in [-0.4, -0.2) is 21.9 Å². The van der Waals surface area contributed by atoms with Gasteiger partial charge in [-0.05, 0) is 77.1 Å². The van der Waals surface area contributed by atoms with Gasteiger partial charge in [0.1, 0.15) is 5.82 Å². The van der Waals surface area contributed by atoms with Crippen molar-refractivity contribution in [2.75, 3.05) is 0 Å². The van der Waals surface area contributed by atoms with E-state index in [0.29, 0.717) is 6.54 Å². The van der Waals surface area contributed by atoms with Crippen molar-refractivity contribution in [1.29, 1.82) is 0 Å². The molecule has 0 saturated heterocycles. The lowest BCUT2D eigenvalue weighted by Crippen LogP contribution is -2.04. The van der Waals surface area contributed by atoms with Crippen LogP contribution < -0.4 is 0 Å². The van der Waals surface area contributed by atoms with Crippen molar-refractivity contribution in [2.45, 2.75) is 39.7 Å². The zero-order chi connectivity index (χ0) is 23.3. The lowest BCUT2D eigenvalue weighted by atomic mass is 9.91. The number of aliphatic carboxylic acids is 1. The third-order valence-electron chi connectivity index (χ3n) is 6.32. The number of carbonyl (C=O) groups is 1. The summed E-state index contributed by atoms with van der Waals surface area (Å²) in [5, 5.41) is 10.4. The van der Waals surface area contributed by atoms with Crippen molar-refractivity contribution >= 4 is 23.1 Å². The van der Waals surface area contributed by atoms with Crippen LogP contribution in [-0.2, 0) is 17.8 Å². The SMILES string of the molecule is Cc1ccc(CC(=O)O)cc1-c1c(C(C)C)n(-c2ccc(F)cc2)c2cc3c(cc12)CN=C3. The Morgan fingerprint density at radius 1 is 1.12 bits per heavy atom. The van der Waals surface area contributed by atoms with E-state index in [1.54, 1.807) is 12.1 Å². The van der Waals surface area contributed by atoms with Gasteiger partial charge in [0, 0.05) is 28.5 Å². The second kappa shape index (κ2) is 8.00. The van der Waals surface area contributed by atoms with Gasteiger partial charge in [0.05, 0.1) is 18.5 Å². The topological polar surface area (TPSA) is 54.6 Å². The Bertz CT molecular complexity index is 1430. The molecule has 1 aliphatic rings. The van der Waals surface area contributed by atoms with E-state index in [1.165, 1.54) is 17.7 Å². The average molecular weight is 441 g/mol. The molecule has 1 aromatic heterocycles. The van der Waals surface area contributed by atoms with E-state index in [2.05, 4.69) is 42.5 Å². The number of hydrogen-bond donors (Lipinski definition) is 1. The second-order valence-corrected chi connectivity index (χ2v) is 8.98. The van der Waals surface area contributed by atoms with Gasteiger partial charge in [0.15, 0.2) is 0 Å². The normalized spacial score (nSPS) is 12.6. The van der Waals surface area contributed by atoms with E-state index < -0.39 is 5.97 Å². The van der Waals surface area contributed by atoms with Crippen LogP contribution in [0.15, 0.2) is 59.6 Å². The number of hydrogen-bond acceptors (Lipinski definition) is 2. The minimum Gasteiger partial charge on any atom is -0.481 e. The molecule has 0 spiro atoms. The van der Waals surface area contributed by atoms with Gasteiger partial charge in [-0.25, -0.2) is 4.39 Å². The third-order valence-corrected chi connectivity index (χ3v) is 6.32. The van der Waals surface area contributed by atoms with Gasteiger partial charge in [-0.1, -0.05) is 32.0 Å². The maximum atomic E-state index is 13.8. The molecular weight excluding hydrogens is 415 g/mol. The van der Waals surface area contributed by atoms with Gasteiger partial charge in [0.25, 0.3) is 0 Å². The molecular formula is C28H25FN2O2. The average Bonchev–Trinajstić information content (AvgIpc) is 3.35. The van der Waals surface area contributed by atoms with Crippen LogP contribution in [0.3, 0.4) is 0 Å². The largest absolute Gasteiger partial charge is 0.481 e. The van der Waals surface area contributed by atoms with Crippen LogP contribution in [0, 0.1) is 12.7 Å². The standard InChI is InChI=1S/C28H25FN2O2/c1-16(2)28-27(23-10-18(11-26(32)33)5-4-17(23)3)24-12-19-14-30-15-20(19)13-25(24)31(28)22-8-6-21(29)7-9-22/h4-10,12-13,15-16H,11,14H2,1-3H3,(H,32,33). The molecule has 5 rings (SSSR count). The molecule has 5 heteroatoms. The molecule has 0 atom stereocenters. The predicted octanol–water partition coefficient (Wildman–Crippen LogP) is 6.43. The van der Waals surface area contributed by atoms with E-state index in [1.807, 2.05) is 24.4 Å². The highest BCUT2D eigenvalue weighted by atomic mass is 19.1. The van der Waals surface area contributed by atoms with Crippen LogP contribution in [0.25, 0.3) is 27.7 Å². The van der Waals surface area contributed by atoms with E-state index in [4.69, 9.17) is 0 Å². The highest BCUT2D eigenvalue weighted by molar-refractivity contribution is 6.03. The lowest BCUT2D eigenvalue weighted by Gasteiger charge is -2.17. The highest BCUT2D eigenvalue weighted by Crippen LogP contribution is 2.43. The first-order valence-electron chi connectivity index (χ1n) is 11.1. The number of carboxylic acids is 1. The summed E-state index contributed by atoms with van der Waals surface area (Å²) in [4.78, 5) is 15.8. The minimum absolute atomic E-state index is 0.0237. The Labute approximate surface area is 192 Å². The van der Waals surface area contributed by atoms with Crippen molar-refractivity contribution in [3.63, 3.8) is 0 Å². The minimum atomic E-state index is -0.849. The number of benzene rings is 3. The fourth-order valence-corrected chi connectivity index (χ4v) is 4.83. The molecule has 4 aromatic rings. The molecule has 1 aliphatic heterocycles. The summed E-state index contributed by atoms with van der Waals surface area (Å²) in [5.41, 5.74) is 9.31. The summed E-state index contributed by atoms with van der Waals surface area (Å²) in [5.74, 6) is -0.951. The molecule has 0 unspecified atom stereocenters. The molecule has 0 aliphatic carbocycles. The first-order valence-corrected chi connectivity index (χ1v) is 11.1. The molecule has 2 heterocycles. The summed E-state index contributed by atoms with van der Waals surface area (Å²) < 4.78 is 16.0. The lowest BCUT2D eigenvalue weighted by molar-refractivity contribution is -0.136. The van der Waals surface area contributed by atoms with Gasteiger partial charge in [0.2, 0.25) is 0 Å². The molecule has 0 fully saturated rings. The molecule has 0 radical (unpaired) electrons. The van der Waals surface area contributed by atoms with Crippen LogP contribution in [0.2, 0.25) is 0 Å². The van der Waals surface area contributed by atoms with Crippen molar-refractivity contribution in [3.8, 4) is 16.8 Å². The van der Waals surface area contributed by atoms with Crippen molar-refractivity contribution in [2.24, 2.45) is 4.99 Å². The van der Waals surface area contributed by atoms with Gasteiger partial charge in [-0.2, -0.15) is 0 Å². The molecule has 166 valence electrons. The zero-order valence-electron chi connectivity index (χ0n) is 18.9. The van der Waals surface area contributed by atoms with Crippen LogP contribution >= 0.6 is 0 Å². The van der Waals surface area contributed by atoms with Gasteiger partial charge < -0.3 is 9.67 Å². The van der Waals surface area contributed by atoms with Crippen molar-refractivity contribution in [1.82, 2.24) is 4.57 Å². The van der Waals surface area contributed by atoms with Crippen molar-refractivity contribution < 1.29 is 14.3 Å². The fourth-order valence-electron chi connectivity index (χ4n) is 4.83. The third kappa shape index (κ3) is 3.63. The number of aryl methyl sites for hydroxylation is 1. The Morgan fingerprint density at radius 3 is 2.58 bits per heavy atom. The maximum absolute atomic E-state index is 13.8. The van der Waals surface area contributed by atoms with Gasteiger partial charge >= 0.3 is 5.97 Å². The number of fused-ring (bicyclic) bond motifs is 2. The predicted molar refractivity (Wildman–Crippen MR) is 130 cm³/mol. The molecule has 3 aromatic carbocycles. The van der Waals surface area contributed by atoms with E-state index in [-0.39, 0.29) is 18.2 Å². The summed E-state index contributed by atoms with van der Waals surface area (Å²) >= 11 is 0. The molecule has 33 heavy (non-hydrogen) atoms. The van der Waals surface area contributed by atoms with E-state index in [0.717, 1.165) is 50.1 Å². The number of aromatic nitrogens is 1. The Balaban J connectivity index is 1.89. The Hall–Kier alpha value is -3.73. The highest BCUT2D eigenvalue weighted by Gasteiger charge is 2.25. The van der Waals surface area contributed by atoms with Crippen LogP contribution in [0.1, 0.15) is 47.7 Å². The zero-order valence-corrected chi connectivity index (χ0v) is 18.9. The fraction of sp³-hybridized carbons (Fsp3) is 0.214. The molecule has 0 bridgehead atoms. The number of halogens is 1. The second-order valence-electron chi connectivity index (χ2n) is 8.98. The molecule has 0 amide bonds. The van der Waals surface area contributed by atoms with Gasteiger partial charge in [-0.3, -0.25) is 9.79 Å². The summed E-state index contributed by atoms with van der Waals surface area (Å²) in [7, 11) is 0. The van der Waals surface area contributed by atoms with E-state index in [9.17, 15) is 14.3 Å². The number of rotatable bonds is 5. The molecule has 4 nitrogen and oxygen atoms in total. The number of nitrogens with zero attached hydrogens (tertiary/aromatic N) is 2. The molecule has 0 saturated carbocycles. The van der Waals surface area contributed by atoms with Gasteiger partial charge in [-0.15, -0.1) is 0 Å². The number of aliphatic imine (C=N–C) groups is 1. The monoisotopic (exact) mass is 440 g/mol. The molecule has 1 N–H and O–H groups in total.